The van der Waals surface area contributed by atoms with E-state index in [4.69, 9.17) is 0 Å². The molecule has 4 heteroatoms. The van der Waals surface area contributed by atoms with Gasteiger partial charge in [0, 0.05) is 13.1 Å². The quantitative estimate of drug-likeness (QED) is 0.809. The van der Waals surface area contributed by atoms with E-state index in [1.165, 1.54) is 24.0 Å². The first-order valence-corrected chi connectivity index (χ1v) is 8.94. The molecular weight excluding hydrogens is 310 g/mol. The van der Waals surface area contributed by atoms with Crippen LogP contribution in [0.2, 0.25) is 0 Å². The molecule has 1 saturated carbocycles. The first-order chi connectivity index (χ1) is 12.1. The Hall–Kier alpha value is -2.33. The standard InChI is InChI=1S/C21H27N3O/c1-24(2)15-19-11-7-6-10-18(19)14-22-21(25)23-20(17-12-13-17)16-8-4-3-5-9-16/h3-11,17,20H,12-15H2,1-2H3,(H2,22,23,25)/t20-/m1/s1. The number of benzene rings is 2. The molecule has 2 amide bonds. The number of hydrogen-bond acceptors (Lipinski definition) is 2. The molecule has 0 saturated heterocycles. The predicted molar refractivity (Wildman–Crippen MR) is 101 cm³/mol. The molecule has 1 atom stereocenters. The van der Waals surface area contributed by atoms with Crippen LogP contribution in [0.5, 0.6) is 0 Å². The van der Waals surface area contributed by atoms with Gasteiger partial charge in [-0.15, -0.1) is 0 Å². The zero-order valence-electron chi connectivity index (χ0n) is 15.0. The monoisotopic (exact) mass is 337 g/mol. The van der Waals surface area contributed by atoms with E-state index in [1.807, 2.05) is 30.3 Å². The fourth-order valence-corrected chi connectivity index (χ4v) is 3.16. The Morgan fingerprint density at radius 3 is 2.32 bits per heavy atom. The molecule has 0 spiro atoms. The van der Waals surface area contributed by atoms with Gasteiger partial charge >= 0.3 is 6.03 Å². The highest BCUT2D eigenvalue weighted by atomic mass is 16.2. The normalized spacial score (nSPS) is 15.0. The molecule has 0 aromatic heterocycles. The van der Waals surface area contributed by atoms with Crippen LogP contribution in [-0.4, -0.2) is 25.0 Å². The maximum absolute atomic E-state index is 12.4. The lowest BCUT2D eigenvalue weighted by Gasteiger charge is -2.20. The lowest BCUT2D eigenvalue weighted by atomic mass is 10.0. The molecule has 0 aliphatic heterocycles. The molecule has 132 valence electrons. The first kappa shape index (κ1) is 17.5. The summed E-state index contributed by atoms with van der Waals surface area (Å²) in [5.74, 6) is 0.564. The minimum absolute atomic E-state index is 0.0968. The summed E-state index contributed by atoms with van der Waals surface area (Å²) in [6.07, 6.45) is 2.37. The zero-order valence-corrected chi connectivity index (χ0v) is 15.0. The second-order valence-corrected chi connectivity index (χ2v) is 7.06. The van der Waals surface area contributed by atoms with Crippen molar-refractivity contribution in [2.75, 3.05) is 14.1 Å². The Labute approximate surface area is 150 Å². The number of nitrogens with zero attached hydrogens (tertiary/aromatic N) is 1. The van der Waals surface area contributed by atoms with Crippen molar-refractivity contribution in [2.45, 2.75) is 32.0 Å². The van der Waals surface area contributed by atoms with Crippen molar-refractivity contribution >= 4 is 6.03 Å². The van der Waals surface area contributed by atoms with Gasteiger partial charge in [-0.1, -0.05) is 54.6 Å². The predicted octanol–water partition coefficient (Wildman–Crippen LogP) is 3.70. The van der Waals surface area contributed by atoms with E-state index in [0.29, 0.717) is 12.5 Å². The lowest BCUT2D eigenvalue weighted by molar-refractivity contribution is 0.235. The molecule has 0 unspecified atom stereocenters. The Bertz CT molecular complexity index is 695. The van der Waals surface area contributed by atoms with Gasteiger partial charge in [0.1, 0.15) is 0 Å². The fourth-order valence-electron chi connectivity index (χ4n) is 3.16. The van der Waals surface area contributed by atoms with Crippen LogP contribution in [0.25, 0.3) is 0 Å². The van der Waals surface area contributed by atoms with Gasteiger partial charge in [0.05, 0.1) is 6.04 Å². The number of nitrogens with one attached hydrogen (secondary N) is 2. The van der Waals surface area contributed by atoms with E-state index in [-0.39, 0.29) is 12.1 Å². The molecule has 2 N–H and O–H groups in total. The van der Waals surface area contributed by atoms with Crippen molar-refractivity contribution in [2.24, 2.45) is 5.92 Å². The third kappa shape index (κ3) is 5.07. The van der Waals surface area contributed by atoms with Crippen LogP contribution in [0.3, 0.4) is 0 Å². The molecule has 1 fully saturated rings. The molecule has 0 radical (unpaired) electrons. The average Bonchev–Trinajstić information content (AvgIpc) is 3.44. The van der Waals surface area contributed by atoms with Crippen molar-refractivity contribution in [1.82, 2.24) is 15.5 Å². The summed E-state index contributed by atoms with van der Waals surface area (Å²) in [5, 5.41) is 6.19. The summed E-state index contributed by atoms with van der Waals surface area (Å²) >= 11 is 0. The minimum Gasteiger partial charge on any atom is -0.334 e. The Morgan fingerprint density at radius 1 is 1.04 bits per heavy atom. The number of rotatable bonds is 7. The molecule has 1 aliphatic carbocycles. The van der Waals surface area contributed by atoms with Gasteiger partial charge in [-0.05, 0) is 49.5 Å². The summed E-state index contributed by atoms with van der Waals surface area (Å²) < 4.78 is 0. The summed E-state index contributed by atoms with van der Waals surface area (Å²) in [6.45, 7) is 1.41. The summed E-state index contributed by atoms with van der Waals surface area (Å²) in [5.41, 5.74) is 3.59. The highest BCUT2D eigenvalue weighted by molar-refractivity contribution is 5.74. The third-order valence-electron chi connectivity index (χ3n) is 4.58. The highest BCUT2D eigenvalue weighted by Crippen LogP contribution is 2.40. The highest BCUT2D eigenvalue weighted by Gasteiger charge is 2.33. The van der Waals surface area contributed by atoms with Gasteiger partial charge in [0.15, 0.2) is 0 Å². The van der Waals surface area contributed by atoms with Crippen molar-refractivity contribution in [1.29, 1.82) is 0 Å². The van der Waals surface area contributed by atoms with Gasteiger partial charge in [-0.3, -0.25) is 0 Å². The average molecular weight is 337 g/mol. The van der Waals surface area contributed by atoms with Crippen molar-refractivity contribution in [3.63, 3.8) is 0 Å². The number of urea groups is 1. The maximum atomic E-state index is 12.4. The second-order valence-electron chi connectivity index (χ2n) is 7.06. The Balaban J connectivity index is 1.59. The summed E-state index contributed by atoms with van der Waals surface area (Å²) in [4.78, 5) is 14.6. The molecule has 0 heterocycles. The molecule has 2 aromatic rings. The van der Waals surface area contributed by atoms with E-state index in [9.17, 15) is 4.79 Å². The molecule has 1 aliphatic rings. The van der Waals surface area contributed by atoms with Gasteiger partial charge in [-0.25, -0.2) is 4.79 Å². The van der Waals surface area contributed by atoms with E-state index in [0.717, 1.165) is 12.1 Å². The van der Waals surface area contributed by atoms with Crippen LogP contribution in [0.1, 0.15) is 35.6 Å². The van der Waals surface area contributed by atoms with Crippen LogP contribution in [-0.2, 0) is 13.1 Å². The van der Waals surface area contributed by atoms with E-state index < -0.39 is 0 Å². The van der Waals surface area contributed by atoms with Gasteiger partial charge < -0.3 is 15.5 Å². The first-order valence-electron chi connectivity index (χ1n) is 8.94. The molecule has 4 nitrogen and oxygen atoms in total. The SMILES string of the molecule is CN(C)Cc1ccccc1CNC(=O)N[C@H](c1ccccc1)C1CC1. The number of amides is 2. The smallest absolute Gasteiger partial charge is 0.315 e. The Morgan fingerprint density at radius 2 is 1.68 bits per heavy atom. The van der Waals surface area contributed by atoms with Crippen LogP contribution < -0.4 is 10.6 Å². The number of carbonyl (C=O) groups is 1. The minimum atomic E-state index is -0.0968. The third-order valence-corrected chi connectivity index (χ3v) is 4.58. The van der Waals surface area contributed by atoms with Crippen molar-refractivity contribution in [3.8, 4) is 0 Å². The maximum Gasteiger partial charge on any atom is 0.315 e. The summed E-state index contributed by atoms with van der Waals surface area (Å²) in [6, 6.07) is 18.5. The fraction of sp³-hybridized carbons (Fsp3) is 0.381. The van der Waals surface area contributed by atoms with Crippen molar-refractivity contribution in [3.05, 3.63) is 71.3 Å². The molecule has 3 rings (SSSR count). The lowest BCUT2D eigenvalue weighted by Crippen LogP contribution is -2.38. The number of hydrogen-bond donors (Lipinski definition) is 2. The van der Waals surface area contributed by atoms with Crippen molar-refractivity contribution < 1.29 is 4.79 Å². The van der Waals surface area contributed by atoms with Gasteiger partial charge in [0.25, 0.3) is 0 Å². The van der Waals surface area contributed by atoms with Gasteiger partial charge in [0.2, 0.25) is 0 Å². The second kappa shape index (κ2) is 8.17. The topological polar surface area (TPSA) is 44.4 Å². The van der Waals surface area contributed by atoms with Crippen LogP contribution >= 0.6 is 0 Å². The van der Waals surface area contributed by atoms with E-state index in [1.54, 1.807) is 0 Å². The zero-order chi connectivity index (χ0) is 17.6. The van der Waals surface area contributed by atoms with E-state index in [2.05, 4.69) is 53.9 Å². The largest absolute Gasteiger partial charge is 0.334 e. The Kier molecular flexibility index (Phi) is 5.71. The van der Waals surface area contributed by atoms with Gasteiger partial charge in [-0.2, -0.15) is 0 Å². The number of carbonyl (C=O) groups excluding carboxylic acids is 1. The molecular formula is C21H27N3O. The van der Waals surface area contributed by atoms with E-state index >= 15 is 0 Å². The van der Waals surface area contributed by atoms with Crippen LogP contribution in [0.4, 0.5) is 4.79 Å². The molecule has 25 heavy (non-hydrogen) atoms. The summed E-state index contributed by atoms with van der Waals surface area (Å²) in [7, 11) is 4.11. The molecule has 2 aromatic carbocycles. The van der Waals surface area contributed by atoms with Crippen LogP contribution in [0.15, 0.2) is 54.6 Å². The van der Waals surface area contributed by atoms with Crippen LogP contribution in [0, 0.1) is 5.92 Å². The molecule has 0 bridgehead atoms.